The van der Waals surface area contributed by atoms with E-state index < -0.39 is 0 Å². The first-order valence-electron chi connectivity index (χ1n) is 9.72. The molecule has 0 saturated heterocycles. The second kappa shape index (κ2) is 9.44. The first-order valence-corrected chi connectivity index (χ1v) is 10.7. The highest BCUT2D eigenvalue weighted by molar-refractivity contribution is 7.98. The Morgan fingerprint density at radius 3 is 2.56 bits per heavy atom. The molecule has 0 atom stereocenters. The van der Waals surface area contributed by atoms with E-state index in [4.69, 9.17) is 20.0 Å². The van der Waals surface area contributed by atoms with Crippen molar-refractivity contribution in [3.05, 3.63) is 71.5 Å². The van der Waals surface area contributed by atoms with Gasteiger partial charge in [-0.15, -0.1) is 11.8 Å². The summed E-state index contributed by atoms with van der Waals surface area (Å²) in [6, 6.07) is 19.0. The summed E-state index contributed by atoms with van der Waals surface area (Å²) >= 11 is 1.38. The van der Waals surface area contributed by atoms with Gasteiger partial charge in [-0.3, -0.25) is 0 Å². The smallest absolute Gasteiger partial charge is 0.143 e. The van der Waals surface area contributed by atoms with Gasteiger partial charge in [0.2, 0.25) is 0 Å². The van der Waals surface area contributed by atoms with E-state index in [9.17, 15) is 10.5 Å². The van der Waals surface area contributed by atoms with Crippen LogP contribution in [-0.4, -0.2) is 23.3 Å². The second-order valence-electron chi connectivity index (χ2n) is 6.79. The van der Waals surface area contributed by atoms with Crippen molar-refractivity contribution < 1.29 is 14.3 Å². The second-order valence-corrected chi connectivity index (χ2v) is 7.75. The third-order valence-corrected chi connectivity index (χ3v) is 5.89. The van der Waals surface area contributed by atoms with Crippen molar-refractivity contribution in [3.63, 3.8) is 0 Å². The fraction of sp³-hybridized carbons (Fsp3) is 0.125. The van der Waals surface area contributed by atoms with E-state index in [1.165, 1.54) is 11.8 Å². The number of nitrogen functional groups attached to an aromatic ring is 1. The number of ether oxygens (including phenoxy) is 1. The van der Waals surface area contributed by atoms with Crippen LogP contribution in [0.25, 0.3) is 22.1 Å². The Kier molecular flexibility index (Phi) is 6.27. The summed E-state index contributed by atoms with van der Waals surface area (Å²) in [6.07, 6.45) is 1.64. The molecule has 0 saturated carbocycles. The lowest BCUT2D eigenvalue weighted by Crippen LogP contribution is -2.04. The van der Waals surface area contributed by atoms with E-state index in [1.54, 1.807) is 30.5 Å². The maximum atomic E-state index is 9.96. The van der Waals surface area contributed by atoms with Gasteiger partial charge in [0, 0.05) is 16.7 Å². The predicted octanol–water partition coefficient (Wildman–Crippen LogP) is 4.48. The zero-order chi connectivity index (χ0) is 22.5. The Morgan fingerprint density at radius 1 is 1.06 bits per heavy atom. The standard InChI is InChI=1S/C24H18N4O3S/c25-12-19-22(15-4-6-17(7-5-15)30-11-9-29)20(13-26)24(28-23(19)27)32-14-16-2-1-3-21-18(16)8-10-31-21/h1-8,10,29H,9,11,14H2,(H2,27,28). The SMILES string of the molecule is N#Cc1c(N)nc(SCc2cccc3occc23)c(C#N)c1-c1ccc(OCCO)cc1. The Labute approximate surface area is 188 Å². The van der Waals surface area contributed by atoms with Crippen LogP contribution in [0.5, 0.6) is 5.75 Å². The van der Waals surface area contributed by atoms with Gasteiger partial charge in [0.1, 0.15) is 46.5 Å². The van der Waals surface area contributed by atoms with E-state index >= 15 is 0 Å². The lowest BCUT2D eigenvalue weighted by atomic mass is 9.97. The summed E-state index contributed by atoms with van der Waals surface area (Å²) in [6.45, 7) is 0.0889. The zero-order valence-electron chi connectivity index (χ0n) is 16.9. The molecule has 0 aliphatic heterocycles. The number of hydrogen-bond acceptors (Lipinski definition) is 8. The highest BCUT2D eigenvalue weighted by Gasteiger charge is 2.21. The molecule has 158 valence electrons. The van der Waals surface area contributed by atoms with Crippen molar-refractivity contribution in [2.75, 3.05) is 18.9 Å². The summed E-state index contributed by atoms with van der Waals surface area (Å²) in [5, 5.41) is 30.0. The van der Waals surface area contributed by atoms with Crippen molar-refractivity contribution in [2.45, 2.75) is 10.8 Å². The van der Waals surface area contributed by atoms with Crippen LogP contribution in [0, 0.1) is 22.7 Å². The lowest BCUT2D eigenvalue weighted by Gasteiger charge is -2.14. The lowest BCUT2D eigenvalue weighted by molar-refractivity contribution is 0.201. The normalized spacial score (nSPS) is 10.6. The molecular weight excluding hydrogens is 424 g/mol. The average Bonchev–Trinajstić information content (AvgIpc) is 3.31. The minimum Gasteiger partial charge on any atom is -0.491 e. The van der Waals surface area contributed by atoms with Crippen LogP contribution in [0.2, 0.25) is 0 Å². The minimum atomic E-state index is -0.0904. The molecular formula is C24H18N4O3S. The van der Waals surface area contributed by atoms with Gasteiger partial charge in [0.05, 0.1) is 18.4 Å². The fourth-order valence-corrected chi connectivity index (χ4v) is 4.40. The molecule has 4 rings (SSSR count). The van der Waals surface area contributed by atoms with Gasteiger partial charge in [-0.2, -0.15) is 10.5 Å². The average molecular weight is 443 g/mol. The maximum absolute atomic E-state index is 9.96. The minimum absolute atomic E-state index is 0.0751. The number of nitrogens with zero attached hydrogens (tertiary/aromatic N) is 3. The molecule has 0 fully saturated rings. The topological polar surface area (TPSA) is 129 Å². The number of anilines is 1. The first kappa shape index (κ1) is 21.3. The number of nitriles is 2. The predicted molar refractivity (Wildman–Crippen MR) is 122 cm³/mol. The zero-order valence-corrected chi connectivity index (χ0v) is 17.7. The number of aromatic nitrogens is 1. The van der Waals surface area contributed by atoms with Crippen LogP contribution in [-0.2, 0) is 5.75 Å². The van der Waals surface area contributed by atoms with Crippen LogP contribution in [0.4, 0.5) is 5.82 Å². The Balaban J connectivity index is 1.73. The molecule has 2 aromatic carbocycles. The molecule has 0 bridgehead atoms. The Bertz CT molecular complexity index is 1350. The van der Waals surface area contributed by atoms with Gasteiger partial charge >= 0.3 is 0 Å². The van der Waals surface area contributed by atoms with Gasteiger partial charge in [0.15, 0.2) is 0 Å². The van der Waals surface area contributed by atoms with Crippen molar-refractivity contribution in [1.82, 2.24) is 4.98 Å². The quantitative estimate of drug-likeness (QED) is 0.401. The molecule has 0 amide bonds. The van der Waals surface area contributed by atoms with E-state index in [2.05, 4.69) is 17.1 Å². The molecule has 0 spiro atoms. The van der Waals surface area contributed by atoms with Crippen LogP contribution < -0.4 is 10.5 Å². The number of aliphatic hydroxyl groups is 1. The molecule has 2 heterocycles. The molecule has 32 heavy (non-hydrogen) atoms. The molecule has 2 aromatic heterocycles. The molecule has 0 aliphatic rings. The van der Waals surface area contributed by atoms with Gasteiger partial charge in [-0.25, -0.2) is 4.98 Å². The monoisotopic (exact) mass is 442 g/mol. The number of fused-ring (bicyclic) bond motifs is 1. The summed E-state index contributed by atoms with van der Waals surface area (Å²) < 4.78 is 10.9. The fourth-order valence-electron chi connectivity index (χ4n) is 3.40. The molecule has 3 N–H and O–H groups in total. The molecule has 0 aliphatic carbocycles. The molecule has 0 unspecified atom stereocenters. The first-order chi connectivity index (χ1) is 15.7. The van der Waals surface area contributed by atoms with Crippen molar-refractivity contribution >= 4 is 28.5 Å². The van der Waals surface area contributed by atoms with Crippen LogP contribution in [0.15, 0.2) is 64.2 Å². The Morgan fingerprint density at radius 2 is 1.84 bits per heavy atom. The number of nitrogens with two attached hydrogens (primary N) is 1. The van der Waals surface area contributed by atoms with E-state index in [0.29, 0.717) is 33.2 Å². The summed E-state index contributed by atoms with van der Waals surface area (Å²) in [5.74, 6) is 1.20. The van der Waals surface area contributed by atoms with Gasteiger partial charge < -0.3 is 20.0 Å². The summed E-state index contributed by atoms with van der Waals surface area (Å²) in [4.78, 5) is 4.36. The number of thioether (sulfide) groups is 1. The van der Waals surface area contributed by atoms with Crippen LogP contribution in [0.3, 0.4) is 0 Å². The highest BCUT2D eigenvalue weighted by Crippen LogP contribution is 2.37. The van der Waals surface area contributed by atoms with E-state index in [-0.39, 0.29) is 24.6 Å². The van der Waals surface area contributed by atoms with Crippen LogP contribution >= 0.6 is 11.8 Å². The van der Waals surface area contributed by atoms with E-state index in [1.807, 2.05) is 24.3 Å². The number of rotatable bonds is 7. The van der Waals surface area contributed by atoms with Crippen molar-refractivity contribution in [2.24, 2.45) is 0 Å². The molecule has 8 heteroatoms. The summed E-state index contributed by atoms with van der Waals surface area (Å²) in [5.41, 5.74) is 9.50. The third-order valence-electron chi connectivity index (χ3n) is 4.87. The van der Waals surface area contributed by atoms with E-state index in [0.717, 1.165) is 16.5 Å². The highest BCUT2D eigenvalue weighted by atomic mass is 32.2. The summed E-state index contributed by atoms with van der Waals surface area (Å²) in [7, 11) is 0. The third kappa shape index (κ3) is 4.10. The largest absolute Gasteiger partial charge is 0.491 e. The number of benzene rings is 2. The molecule has 4 aromatic rings. The van der Waals surface area contributed by atoms with Gasteiger partial charge in [-0.1, -0.05) is 24.3 Å². The van der Waals surface area contributed by atoms with Gasteiger partial charge in [0.25, 0.3) is 0 Å². The maximum Gasteiger partial charge on any atom is 0.143 e. The van der Waals surface area contributed by atoms with Gasteiger partial charge in [-0.05, 0) is 35.4 Å². The van der Waals surface area contributed by atoms with Crippen LogP contribution in [0.1, 0.15) is 16.7 Å². The number of hydrogen-bond donors (Lipinski definition) is 2. The number of aliphatic hydroxyl groups excluding tert-OH is 1. The Hall–Kier alpha value is -3.98. The van der Waals surface area contributed by atoms with Crippen molar-refractivity contribution in [1.29, 1.82) is 10.5 Å². The number of pyridine rings is 1. The molecule has 7 nitrogen and oxygen atoms in total. The molecule has 0 radical (unpaired) electrons. The number of furan rings is 1. The van der Waals surface area contributed by atoms with Crippen molar-refractivity contribution in [3.8, 4) is 29.0 Å².